The minimum absolute atomic E-state index is 0.0432. The molecule has 0 radical (unpaired) electrons. The number of halogens is 1. The third-order valence-electron chi connectivity index (χ3n) is 3.59. The van der Waals surface area contributed by atoms with Crippen LogP contribution in [0.3, 0.4) is 0 Å². The van der Waals surface area contributed by atoms with Crippen molar-refractivity contribution in [3.63, 3.8) is 0 Å². The van der Waals surface area contributed by atoms with Crippen LogP contribution in [0.4, 0.5) is 10.1 Å². The number of anilines is 1. The molecule has 0 aliphatic rings. The lowest BCUT2D eigenvalue weighted by molar-refractivity contribution is 0.102. The quantitative estimate of drug-likeness (QED) is 0.795. The Morgan fingerprint density at radius 3 is 2.62 bits per heavy atom. The van der Waals surface area contributed by atoms with Crippen molar-refractivity contribution in [2.45, 2.75) is 0 Å². The lowest BCUT2D eigenvalue weighted by atomic mass is 10.1. The summed E-state index contributed by atoms with van der Waals surface area (Å²) in [5.41, 5.74) is 1.46. The first-order valence-corrected chi connectivity index (χ1v) is 7.20. The lowest BCUT2D eigenvalue weighted by Crippen LogP contribution is -2.13. The summed E-state index contributed by atoms with van der Waals surface area (Å²) in [5.74, 6) is -0.606. The predicted octanol–water partition coefficient (Wildman–Crippen LogP) is 3.64. The maximum Gasteiger partial charge on any atom is 0.255 e. The van der Waals surface area contributed by atoms with Gasteiger partial charge in [0, 0.05) is 29.3 Å². The van der Waals surface area contributed by atoms with Gasteiger partial charge in [-0.25, -0.2) is 4.39 Å². The molecule has 24 heavy (non-hydrogen) atoms. The standard InChI is InChI=1S/C18H15FN2O3/c1-23-16-10-17(24-2)15(9-13(16)19)21-18(22)12-5-6-14-11(8-12)4-3-7-20-14/h3-10H,1-2H3,(H,21,22). The van der Waals surface area contributed by atoms with Crippen molar-refractivity contribution in [2.75, 3.05) is 19.5 Å². The van der Waals surface area contributed by atoms with Gasteiger partial charge in [-0.2, -0.15) is 0 Å². The van der Waals surface area contributed by atoms with Gasteiger partial charge >= 0.3 is 0 Å². The summed E-state index contributed by atoms with van der Waals surface area (Å²) in [6, 6.07) is 11.4. The van der Waals surface area contributed by atoms with E-state index in [1.807, 2.05) is 6.07 Å². The van der Waals surface area contributed by atoms with E-state index in [1.165, 1.54) is 20.3 Å². The van der Waals surface area contributed by atoms with Crippen LogP contribution in [0.25, 0.3) is 10.9 Å². The number of hydrogen-bond acceptors (Lipinski definition) is 4. The van der Waals surface area contributed by atoms with Crippen LogP contribution in [-0.2, 0) is 0 Å². The molecular weight excluding hydrogens is 311 g/mol. The van der Waals surface area contributed by atoms with E-state index in [0.717, 1.165) is 17.0 Å². The van der Waals surface area contributed by atoms with E-state index >= 15 is 0 Å². The van der Waals surface area contributed by atoms with Crippen molar-refractivity contribution >= 4 is 22.5 Å². The highest BCUT2D eigenvalue weighted by Crippen LogP contribution is 2.32. The molecule has 0 spiro atoms. The van der Waals surface area contributed by atoms with Crippen molar-refractivity contribution in [2.24, 2.45) is 0 Å². The molecule has 0 bridgehead atoms. The summed E-state index contributed by atoms with van der Waals surface area (Å²) in [6.07, 6.45) is 1.69. The molecule has 0 aliphatic heterocycles. The van der Waals surface area contributed by atoms with Crippen LogP contribution >= 0.6 is 0 Å². The largest absolute Gasteiger partial charge is 0.494 e. The molecule has 3 aromatic rings. The van der Waals surface area contributed by atoms with Crippen LogP contribution in [0.15, 0.2) is 48.7 Å². The molecule has 0 aliphatic carbocycles. The van der Waals surface area contributed by atoms with Crippen molar-refractivity contribution < 1.29 is 18.7 Å². The Labute approximate surface area is 138 Å². The fraction of sp³-hybridized carbons (Fsp3) is 0.111. The van der Waals surface area contributed by atoms with Gasteiger partial charge in [0.1, 0.15) is 5.75 Å². The zero-order valence-electron chi connectivity index (χ0n) is 13.2. The normalized spacial score (nSPS) is 10.5. The van der Waals surface area contributed by atoms with Crippen LogP contribution in [0.1, 0.15) is 10.4 Å². The number of ether oxygens (including phenoxy) is 2. The van der Waals surface area contributed by atoms with Crippen molar-refractivity contribution in [3.8, 4) is 11.5 Å². The average molecular weight is 326 g/mol. The molecule has 0 unspecified atom stereocenters. The Balaban J connectivity index is 1.92. The number of hydrogen-bond donors (Lipinski definition) is 1. The summed E-state index contributed by atoms with van der Waals surface area (Å²) in [5, 5.41) is 3.50. The number of benzene rings is 2. The van der Waals surface area contributed by atoms with Gasteiger partial charge in [-0.1, -0.05) is 6.07 Å². The first-order chi connectivity index (χ1) is 11.6. The number of pyridine rings is 1. The zero-order valence-corrected chi connectivity index (χ0v) is 13.2. The van der Waals surface area contributed by atoms with E-state index in [-0.39, 0.29) is 17.3 Å². The number of nitrogens with zero attached hydrogens (tertiary/aromatic N) is 1. The number of carbonyl (C=O) groups is 1. The number of aromatic nitrogens is 1. The number of carbonyl (C=O) groups excluding carboxylic acids is 1. The highest BCUT2D eigenvalue weighted by atomic mass is 19.1. The van der Waals surface area contributed by atoms with E-state index in [0.29, 0.717) is 11.3 Å². The molecule has 0 saturated carbocycles. The average Bonchev–Trinajstić information content (AvgIpc) is 2.61. The second-order valence-electron chi connectivity index (χ2n) is 5.05. The minimum atomic E-state index is -0.587. The lowest BCUT2D eigenvalue weighted by Gasteiger charge is -2.12. The fourth-order valence-corrected chi connectivity index (χ4v) is 2.37. The summed E-state index contributed by atoms with van der Waals surface area (Å²) in [7, 11) is 2.79. The molecule has 2 aromatic carbocycles. The van der Waals surface area contributed by atoms with E-state index in [4.69, 9.17) is 9.47 Å². The van der Waals surface area contributed by atoms with Crippen LogP contribution in [0, 0.1) is 5.82 Å². The summed E-state index contributed by atoms with van der Waals surface area (Å²) < 4.78 is 24.0. The summed E-state index contributed by atoms with van der Waals surface area (Å²) >= 11 is 0. The molecular formula is C18H15FN2O3. The molecule has 3 rings (SSSR count). The van der Waals surface area contributed by atoms with Crippen molar-refractivity contribution in [1.29, 1.82) is 0 Å². The molecule has 1 amide bonds. The number of methoxy groups -OCH3 is 2. The Morgan fingerprint density at radius 2 is 1.88 bits per heavy atom. The van der Waals surface area contributed by atoms with E-state index in [1.54, 1.807) is 30.5 Å². The van der Waals surface area contributed by atoms with Crippen molar-refractivity contribution in [3.05, 3.63) is 60.0 Å². The highest BCUT2D eigenvalue weighted by molar-refractivity contribution is 6.06. The Bertz CT molecular complexity index is 912. The second-order valence-corrected chi connectivity index (χ2v) is 5.05. The van der Waals surface area contributed by atoms with Gasteiger partial charge in [-0.05, 0) is 24.3 Å². The minimum Gasteiger partial charge on any atom is -0.494 e. The third-order valence-corrected chi connectivity index (χ3v) is 3.59. The number of amides is 1. The molecule has 1 N–H and O–H groups in total. The zero-order chi connectivity index (χ0) is 17.1. The Hall–Kier alpha value is -3.15. The monoisotopic (exact) mass is 326 g/mol. The van der Waals surface area contributed by atoms with Crippen LogP contribution in [0.2, 0.25) is 0 Å². The van der Waals surface area contributed by atoms with Crippen LogP contribution in [-0.4, -0.2) is 25.1 Å². The predicted molar refractivity (Wildman–Crippen MR) is 89.2 cm³/mol. The molecule has 122 valence electrons. The van der Waals surface area contributed by atoms with Gasteiger partial charge in [0.15, 0.2) is 11.6 Å². The Morgan fingerprint density at radius 1 is 1.08 bits per heavy atom. The summed E-state index contributed by atoms with van der Waals surface area (Å²) in [4.78, 5) is 16.7. The van der Waals surface area contributed by atoms with Gasteiger partial charge in [-0.3, -0.25) is 9.78 Å². The Kier molecular flexibility index (Phi) is 4.29. The van der Waals surface area contributed by atoms with Crippen molar-refractivity contribution in [1.82, 2.24) is 4.98 Å². The topological polar surface area (TPSA) is 60.5 Å². The van der Waals surface area contributed by atoms with E-state index < -0.39 is 5.82 Å². The van der Waals surface area contributed by atoms with Gasteiger partial charge in [0.25, 0.3) is 5.91 Å². The maximum absolute atomic E-state index is 13.9. The number of rotatable bonds is 4. The highest BCUT2D eigenvalue weighted by Gasteiger charge is 2.14. The maximum atomic E-state index is 13.9. The molecule has 0 saturated heterocycles. The smallest absolute Gasteiger partial charge is 0.255 e. The molecule has 0 fully saturated rings. The number of fused-ring (bicyclic) bond motifs is 1. The van der Waals surface area contributed by atoms with E-state index in [9.17, 15) is 9.18 Å². The first-order valence-electron chi connectivity index (χ1n) is 7.20. The molecule has 0 atom stereocenters. The fourth-order valence-electron chi connectivity index (χ4n) is 2.37. The van der Waals surface area contributed by atoms with Gasteiger partial charge < -0.3 is 14.8 Å². The second kappa shape index (κ2) is 6.54. The molecule has 1 heterocycles. The molecule has 1 aromatic heterocycles. The van der Waals surface area contributed by atoms with Gasteiger partial charge in [-0.15, -0.1) is 0 Å². The van der Waals surface area contributed by atoms with E-state index in [2.05, 4.69) is 10.3 Å². The first kappa shape index (κ1) is 15.7. The van der Waals surface area contributed by atoms with Crippen LogP contribution < -0.4 is 14.8 Å². The van der Waals surface area contributed by atoms with Crippen LogP contribution in [0.5, 0.6) is 11.5 Å². The molecule has 5 nitrogen and oxygen atoms in total. The number of nitrogens with one attached hydrogen (secondary N) is 1. The summed E-state index contributed by atoms with van der Waals surface area (Å²) in [6.45, 7) is 0. The van der Waals surface area contributed by atoms with Gasteiger partial charge in [0.2, 0.25) is 0 Å². The molecule has 6 heteroatoms. The third kappa shape index (κ3) is 2.99. The SMILES string of the molecule is COc1cc(OC)c(NC(=O)c2ccc3ncccc3c2)cc1F. The van der Waals surface area contributed by atoms with Gasteiger partial charge in [0.05, 0.1) is 25.4 Å².